The zero-order chi connectivity index (χ0) is 25.8. The third-order valence-corrected chi connectivity index (χ3v) is 8.24. The minimum atomic E-state index is 0.841. The van der Waals surface area contributed by atoms with E-state index in [1.54, 1.807) is 0 Å². The number of benzene rings is 4. The average Bonchev–Trinajstić information content (AvgIpc) is 3.74. The van der Waals surface area contributed by atoms with Gasteiger partial charge in [-0.1, -0.05) is 72.8 Å². The number of para-hydroxylation sites is 4. The number of aromatic nitrogens is 4. The predicted molar refractivity (Wildman–Crippen MR) is 162 cm³/mol. The molecule has 0 spiro atoms. The van der Waals surface area contributed by atoms with Crippen LogP contribution < -0.4 is 0 Å². The lowest BCUT2D eigenvalue weighted by Gasteiger charge is -2.08. The van der Waals surface area contributed by atoms with Crippen molar-refractivity contribution in [2.45, 2.75) is 19.3 Å². The maximum Gasteiger partial charge on any atom is 0.0459 e. The SMILES string of the molecule is c1ccc2c(Cc3[nH]c4ccccc4c3Cc3[nH]c4ccccc4c3Cc3c[nH]c4ccccc34)c[nH]c2c1. The largest absolute Gasteiger partial charge is 0.361 e. The van der Waals surface area contributed by atoms with E-state index < -0.39 is 0 Å². The molecule has 4 heterocycles. The Bertz CT molecular complexity index is 2110. The predicted octanol–water partition coefficient (Wildman–Crippen LogP) is 8.38. The molecule has 0 bridgehead atoms. The summed E-state index contributed by atoms with van der Waals surface area (Å²) in [6.45, 7) is 0. The van der Waals surface area contributed by atoms with E-state index in [0.717, 1.165) is 19.3 Å². The van der Waals surface area contributed by atoms with Gasteiger partial charge in [0.25, 0.3) is 0 Å². The van der Waals surface area contributed by atoms with Crippen molar-refractivity contribution in [2.24, 2.45) is 0 Å². The molecule has 39 heavy (non-hydrogen) atoms. The molecule has 0 aliphatic rings. The summed E-state index contributed by atoms with van der Waals surface area (Å²) in [5.41, 5.74) is 12.7. The van der Waals surface area contributed by atoms with Crippen molar-refractivity contribution in [2.75, 3.05) is 0 Å². The number of H-pyrrole nitrogens is 4. The van der Waals surface area contributed by atoms with Gasteiger partial charge in [-0.05, 0) is 46.5 Å². The molecule has 4 N–H and O–H groups in total. The maximum atomic E-state index is 3.81. The Morgan fingerprint density at radius 3 is 1.36 bits per heavy atom. The Labute approximate surface area is 225 Å². The highest BCUT2D eigenvalue weighted by Crippen LogP contribution is 2.33. The molecule has 4 aromatic heterocycles. The molecule has 0 amide bonds. The fourth-order valence-corrected chi connectivity index (χ4v) is 6.33. The maximum absolute atomic E-state index is 3.81. The number of aromatic amines is 4. The van der Waals surface area contributed by atoms with Gasteiger partial charge < -0.3 is 19.9 Å². The number of fused-ring (bicyclic) bond motifs is 4. The topological polar surface area (TPSA) is 63.2 Å². The van der Waals surface area contributed by atoms with Crippen LogP contribution in [0.2, 0.25) is 0 Å². The molecule has 0 radical (unpaired) electrons. The number of hydrogen-bond donors (Lipinski definition) is 4. The highest BCUT2D eigenvalue weighted by atomic mass is 14.8. The van der Waals surface area contributed by atoms with E-state index in [4.69, 9.17) is 0 Å². The minimum absolute atomic E-state index is 0.841. The van der Waals surface area contributed by atoms with Crippen LogP contribution in [0.3, 0.4) is 0 Å². The summed E-state index contributed by atoms with van der Waals surface area (Å²) in [7, 11) is 0. The van der Waals surface area contributed by atoms with E-state index >= 15 is 0 Å². The molecule has 188 valence electrons. The Hall–Kier alpha value is -4.96. The summed E-state index contributed by atoms with van der Waals surface area (Å²) in [5, 5.41) is 5.17. The lowest BCUT2D eigenvalue weighted by Crippen LogP contribution is -1.99. The van der Waals surface area contributed by atoms with Gasteiger partial charge in [-0.2, -0.15) is 0 Å². The smallest absolute Gasteiger partial charge is 0.0459 e. The first-order valence-corrected chi connectivity index (χ1v) is 13.6. The Kier molecular flexibility index (Phi) is 4.99. The summed E-state index contributed by atoms with van der Waals surface area (Å²) in [6.07, 6.45) is 6.90. The van der Waals surface area contributed by atoms with Gasteiger partial charge in [0.2, 0.25) is 0 Å². The van der Waals surface area contributed by atoms with Gasteiger partial charge in [0.1, 0.15) is 0 Å². The van der Waals surface area contributed by atoms with Gasteiger partial charge in [-0.3, -0.25) is 0 Å². The van der Waals surface area contributed by atoms with E-state index in [9.17, 15) is 0 Å². The van der Waals surface area contributed by atoms with Crippen molar-refractivity contribution < 1.29 is 0 Å². The van der Waals surface area contributed by atoms with Crippen LogP contribution in [-0.2, 0) is 19.3 Å². The van der Waals surface area contributed by atoms with E-state index in [2.05, 4.69) is 129 Å². The summed E-state index contributed by atoms with van der Waals surface area (Å²) < 4.78 is 0. The van der Waals surface area contributed by atoms with Gasteiger partial charge in [-0.15, -0.1) is 0 Å². The highest BCUT2D eigenvalue weighted by Gasteiger charge is 2.19. The van der Waals surface area contributed by atoms with Crippen molar-refractivity contribution in [3.05, 3.63) is 143 Å². The molecule has 4 nitrogen and oxygen atoms in total. The van der Waals surface area contributed by atoms with Crippen LogP contribution in [0.25, 0.3) is 43.6 Å². The van der Waals surface area contributed by atoms with Gasteiger partial charge in [0.05, 0.1) is 0 Å². The lowest BCUT2D eigenvalue weighted by atomic mass is 9.96. The fraction of sp³-hybridized carbons (Fsp3) is 0.0857. The van der Waals surface area contributed by atoms with Crippen molar-refractivity contribution in [3.8, 4) is 0 Å². The van der Waals surface area contributed by atoms with Crippen LogP contribution in [0.4, 0.5) is 0 Å². The highest BCUT2D eigenvalue weighted by molar-refractivity contribution is 5.90. The molecule has 4 heteroatoms. The summed E-state index contributed by atoms with van der Waals surface area (Å²) >= 11 is 0. The monoisotopic (exact) mass is 504 g/mol. The second-order valence-corrected chi connectivity index (χ2v) is 10.5. The normalized spacial score (nSPS) is 11.9. The standard InChI is InChI=1S/C35H28N4/c1-5-13-30-24(9-1)22(20-36-30)17-28-26-11-3-7-15-32(26)39-35(28)19-29-27-12-4-8-16-33(27)38-34(29)18-23-21-37-31-14-6-2-10-25(23)31/h1-16,20-21,36-39H,17-19H2. The first-order chi connectivity index (χ1) is 19.3. The van der Waals surface area contributed by atoms with Crippen LogP contribution in [0.1, 0.15) is 33.6 Å². The number of rotatable bonds is 6. The number of nitrogens with one attached hydrogen (secondary N) is 4. The van der Waals surface area contributed by atoms with E-state index in [1.165, 1.54) is 77.3 Å². The summed E-state index contributed by atoms with van der Waals surface area (Å²) in [4.78, 5) is 14.5. The lowest BCUT2D eigenvalue weighted by molar-refractivity contribution is 1.02. The quantitative estimate of drug-likeness (QED) is 0.176. The molecular weight excluding hydrogens is 476 g/mol. The molecular formula is C35H28N4. The molecule has 8 aromatic rings. The average molecular weight is 505 g/mol. The molecule has 4 aromatic carbocycles. The molecule has 0 saturated carbocycles. The van der Waals surface area contributed by atoms with Gasteiger partial charge >= 0.3 is 0 Å². The molecule has 8 rings (SSSR count). The van der Waals surface area contributed by atoms with Crippen molar-refractivity contribution in [1.29, 1.82) is 0 Å². The summed E-state index contributed by atoms with van der Waals surface area (Å²) in [6, 6.07) is 34.5. The molecule has 0 aliphatic carbocycles. The number of hydrogen-bond acceptors (Lipinski definition) is 0. The van der Waals surface area contributed by atoms with Crippen LogP contribution in [0.5, 0.6) is 0 Å². The molecule has 0 fully saturated rings. The third kappa shape index (κ3) is 3.68. The van der Waals surface area contributed by atoms with E-state index in [-0.39, 0.29) is 0 Å². The second kappa shape index (κ2) is 8.81. The van der Waals surface area contributed by atoms with Crippen molar-refractivity contribution in [3.63, 3.8) is 0 Å². The Morgan fingerprint density at radius 2 is 0.795 bits per heavy atom. The molecule has 0 saturated heterocycles. The van der Waals surface area contributed by atoms with Crippen LogP contribution in [0.15, 0.2) is 109 Å². The van der Waals surface area contributed by atoms with Crippen LogP contribution in [0, 0.1) is 0 Å². The third-order valence-electron chi connectivity index (χ3n) is 8.24. The van der Waals surface area contributed by atoms with E-state index in [0.29, 0.717) is 0 Å². The van der Waals surface area contributed by atoms with Gasteiger partial charge in [0.15, 0.2) is 0 Å². The van der Waals surface area contributed by atoms with Gasteiger partial charge in [-0.25, -0.2) is 0 Å². The second-order valence-electron chi connectivity index (χ2n) is 10.5. The Balaban J connectivity index is 1.26. The minimum Gasteiger partial charge on any atom is -0.361 e. The summed E-state index contributed by atoms with van der Waals surface area (Å²) in [5.74, 6) is 0. The molecule has 0 aliphatic heterocycles. The molecule has 0 atom stereocenters. The van der Waals surface area contributed by atoms with Crippen molar-refractivity contribution in [1.82, 2.24) is 19.9 Å². The van der Waals surface area contributed by atoms with Crippen LogP contribution >= 0.6 is 0 Å². The van der Waals surface area contributed by atoms with Gasteiger partial charge in [0, 0.05) is 86.7 Å². The van der Waals surface area contributed by atoms with Crippen LogP contribution in [-0.4, -0.2) is 19.9 Å². The zero-order valence-corrected chi connectivity index (χ0v) is 21.5. The Morgan fingerprint density at radius 1 is 0.385 bits per heavy atom. The molecule has 0 unspecified atom stereocenters. The fourth-order valence-electron chi connectivity index (χ4n) is 6.33. The van der Waals surface area contributed by atoms with Crippen molar-refractivity contribution >= 4 is 43.6 Å². The zero-order valence-electron chi connectivity index (χ0n) is 21.5. The first kappa shape index (κ1) is 22.1. The van der Waals surface area contributed by atoms with E-state index in [1.807, 2.05) is 0 Å². The first-order valence-electron chi connectivity index (χ1n) is 13.6.